The van der Waals surface area contributed by atoms with Crippen molar-refractivity contribution >= 4 is 22.6 Å². The monoisotopic (exact) mass is 429 g/mol. The van der Waals surface area contributed by atoms with Gasteiger partial charge in [0, 0.05) is 18.2 Å². The summed E-state index contributed by atoms with van der Waals surface area (Å²) in [6.07, 6.45) is 0.759. The highest BCUT2D eigenvalue weighted by molar-refractivity contribution is 5.91. The molecule has 1 N–H and O–H groups in total. The normalized spacial score (nSPS) is 12.2. The Balaban J connectivity index is 1.24. The Morgan fingerprint density at radius 3 is 2.84 bits per heavy atom. The predicted molar refractivity (Wildman–Crippen MR) is 121 cm³/mol. The zero-order chi connectivity index (χ0) is 21.9. The van der Waals surface area contributed by atoms with Crippen LogP contribution in [0.1, 0.15) is 18.3 Å². The lowest BCUT2D eigenvalue weighted by Crippen LogP contribution is -2.20. The van der Waals surface area contributed by atoms with Crippen LogP contribution in [0.3, 0.4) is 0 Å². The van der Waals surface area contributed by atoms with E-state index >= 15 is 0 Å². The van der Waals surface area contributed by atoms with Crippen molar-refractivity contribution in [1.29, 1.82) is 0 Å². The minimum Gasteiger partial charge on any atom is -0.489 e. The number of anilines is 1. The third-order valence-corrected chi connectivity index (χ3v) is 5.31. The molecule has 5 rings (SSSR count). The highest BCUT2D eigenvalue weighted by Crippen LogP contribution is 2.35. The third kappa shape index (κ3) is 4.09. The average molecular weight is 429 g/mol. The zero-order valence-electron chi connectivity index (χ0n) is 17.7. The SMILES string of the molecule is CCc1nc2ccccc2n1CC(=O)Nc1cccc(COc2ccc3c(c2)OCO3)c1. The summed E-state index contributed by atoms with van der Waals surface area (Å²) in [5, 5.41) is 2.99. The number of fused-ring (bicyclic) bond motifs is 2. The Morgan fingerprint density at radius 1 is 1.06 bits per heavy atom. The first-order valence-electron chi connectivity index (χ1n) is 10.5. The molecule has 162 valence electrons. The fourth-order valence-electron chi connectivity index (χ4n) is 3.79. The van der Waals surface area contributed by atoms with Crippen LogP contribution < -0.4 is 19.5 Å². The van der Waals surface area contributed by atoms with Crippen molar-refractivity contribution in [1.82, 2.24) is 9.55 Å². The number of rotatable bonds is 7. The second-order valence-electron chi connectivity index (χ2n) is 7.51. The number of nitrogens with zero attached hydrogens (tertiary/aromatic N) is 2. The van der Waals surface area contributed by atoms with Gasteiger partial charge in [-0.1, -0.05) is 31.2 Å². The molecule has 0 aliphatic carbocycles. The smallest absolute Gasteiger partial charge is 0.244 e. The van der Waals surface area contributed by atoms with Gasteiger partial charge in [0.1, 0.15) is 24.7 Å². The average Bonchev–Trinajstić information content (AvgIpc) is 3.42. The van der Waals surface area contributed by atoms with Crippen LogP contribution in [-0.2, 0) is 24.4 Å². The number of aromatic nitrogens is 2. The van der Waals surface area contributed by atoms with Crippen molar-refractivity contribution in [3.05, 3.63) is 78.1 Å². The first-order chi connectivity index (χ1) is 15.7. The number of imidazole rings is 1. The summed E-state index contributed by atoms with van der Waals surface area (Å²) in [4.78, 5) is 17.4. The minimum absolute atomic E-state index is 0.100. The van der Waals surface area contributed by atoms with E-state index in [-0.39, 0.29) is 19.2 Å². The van der Waals surface area contributed by atoms with Crippen molar-refractivity contribution in [2.75, 3.05) is 12.1 Å². The summed E-state index contributed by atoms with van der Waals surface area (Å²) >= 11 is 0. The topological polar surface area (TPSA) is 74.6 Å². The van der Waals surface area contributed by atoms with Crippen LogP contribution in [0.25, 0.3) is 11.0 Å². The summed E-state index contributed by atoms with van der Waals surface area (Å²) in [6.45, 7) is 2.85. The summed E-state index contributed by atoms with van der Waals surface area (Å²) in [5.41, 5.74) is 3.54. The number of aryl methyl sites for hydroxylation is 1. The molecule has 1 aromatic heterocycles. The van der Waals surface area contributed by atoms with Gasteiger partial charge in [-0.05, 0) is 42.0 Å². The van der Waals surface area contributed by atoms with Crippen LogP contribution >= 0.6 is 0 Å². The first kappa shape index (κ1) is 19.9. The number of hydrogen-bond acceptors (Lipinski definition) is 5. The molecule has 7 heteroatoms. The number of amides is 1. The van der Waals surface area contributed by atoms with Crippen LogP contribution in [0.15, 0.2) is 66.7 Å². The van der Waals surface area contributed by atoms with Crippen molar-refractivity contribution in [2.45, 2.75) is 26.5 Å². The van der Waals surface area contributed by atoms with Gasteiger partial charge in [-0.2, -0.15) is 0 Å². The fraction of sp³-hybridized carbons (Fsp3) is 0.200. The van der Waals surface area contributed by atoms with Gasteiger partial charge < -0.3 is 24.1 Å². The molecule has 0 unspecified atom stereocenters. The Bertz CT molecular complexity index is 1280. The molecule has 0 fully saturated rings. The molecule has 0 spiro atoms. The zero-order valence-corrected chi connectivity index (χ0v) is 17.7. The van der Waals surface area contributed by atoms with E-state index in [4.69, 9.17) is 14.2 Å². The molecule has 0 saturated heterocycles. The fourth-order valence-corrected chi connectivity index (χ4v) is 3.79. The molecule has 4 aromatic rings. The quantitative estimate of drug-likeness (QED) is 0.467. The lowest BCUT2D eigenvalue weighted by atomic mass is 10.2. The second kappa shape index (κ2) is 8.63. The van der Waals surface area contributed by atoms with Crippen LogP contribution in [0.4, 0.5) is 5.69 Å². The van der Waals surface area contributed by atoms with E-state index in [0.717, 1.165) is 40.3 Å². The highest BCUT2D eigenvalue weighted by Gasteiger charge is 2.14. The summed E-state index contributed by atoms with van der Waals surface area (Å²) in [6, 6.07) is 21.0. The van der Waals surface area contributed by atoms with Gasteiger partial charge in [-0.3, -0.25) is 4.79 Å². The lowest BCUT2D eigenvalue weighted by molar-refractivity contribution is -0.116. The largest absolute Gasteiger partial charge is 0.489 e. The van der Waals surface area contributed by atoms with E-state index in [1.54, 1.807) is 0 Å². The van der Waals surface area contributed by atoms with Crippen LogP contribution in [0.2, 0.25) is 0 Å². The van der Waals surface area contributed by atoms with Gasteiger partial charge in [-0.25, -0.2) is 4.98 Å². The van der Waals surface area contributed by atoms with Crippen molar-refractivity contribution in [3.8, 4) is 17.2 Å². The molecule has 7 nitrogen and oxygen atoms in total. The predicted octanol–water partition coefficient (Wildman–Crippen LogP) is 4.55. The first-order valence-corrected chi connectivity index (χ1v) is 10.5. The maximum absolute atomic E-state index is 12.8. The van der Waals surface area contributed by atoms with Gasteiger partial charge in [0.2, 0.25) is 12.7 Å². The van der Waals surface area contributed by atoms with E-state index in [2.05, 4.69) is 10.3 Å². The number of carbonyl (C=O) groups excluding carboxylic acids is 1. The molecule has 1 amide bonds. The molecule has 2 heterocycles. The van der Waals surface area contributed by atoms with Crippen molar-refractivity contribution in [2.24, 2.45) is 0 Å². The molecule has 0 saturated carbocycles. The van der Waals surface area contributed by atoms with E-state index in [1.807, 2.05) is 78.2 Å². The molecule has 1 aliphatic heterocycles. The van der Waals surface area contributed by atoms with E-state index < -0.39 is 0 Å². The van der Waals surface area contributed by atoms with E-state index in [9.17, 15) is 4.79 Å². The lowest BCUT2D eigenvalue weighted by Gasteiger charge is -2.11. The molecule has 3 aromatic carbocycles. The Morgan fingerprint density at radius 2 is 1.94 bits per heavy atom. The van der Waals surface area contributed by atoms with Crippen LogP contribution in [0, 0.1) is 0 Å². The molecular weight excluding hydrogens is 406 g/mol. The second-order valence-corrected chi connectivity index (χ2v) is 7.51. The number of nitrogens with one attached hydrogen (secondary N) is 1. The van der Waals surface area contributed by atoms with Crippen molar-refractivity contribution in [3.63, 3.8) is 0 Å². The van der Waals surface area contributed by atoms with E-state index in [1.165, 1.54) is 0 Å². The maximum Gasteiger partial charge on any atom is 0.244 e. The molecule has 0 atom stereocenters. The van der Waals surface area contributed by atoms with Gasteiger partial charge >= 0.3 is 0 Å². The molecule has 0 radical (unpaired) electrons. The number of para-hydroxylation sites is 2. The standard InChI is InChI=1S/C25H23N3O4/c1-2-24-27-20-8-3-4-9-21(20)28(24)14-25(29)26-18-7-5-6-17(12-18)15-30-19-10-11-22-23(13-19)32-16-31-22/h3-13H,2,14-16H2,1H3,(H,26,29). The summed E-state index contributed by atoms with van der Waals surface area (Å²) in [5.74, 6) is 2.90. The number of carbonyl (C=O) groups is 1. The molecule has 1 aliphatic rings. The Hall–Kier alpha value is -4.00. The van der Waals surface area contributed by atoms with Gasteiger partial charge in [0.15, 0.2) is 11.5 Å². The van der Waals surface area contributed by atoms with Crippen LogP contribution in [0.5, 0.6) is 17.2 Å². The molecule has 0 bridgehead atoms. The Kier molecular flexibility index (Phi) is 5.37. The Labute approximate surface area is 185 Å². The molecular formula is C25H23N3O4. The van der Waals surface area contributed by atoms with Gasteiger partial charge in [0.25, 0.3) is 0 Å². The van der Waals surface area contributed by atoms with Gasteiger partial charge in [-0.15, -0.1) is 0 Å². The number of hydrogen-bond donors (Lipinski definition) is 1. The summed E-state index contributed by atoms with van der Waals surface area (Å²) in [7, 11) is 0. The minimum atomic E-state index is -0.100. The van der Waals surface area contributed by atoms with Gasteiger partial charge in [0.05, 0.1) is 11.0 Å². The third-order valence-electron chi connectivity index (χ3n) is 5.31. The number of benzene rings is 3. The maximum atomic E-state index is 12.8. The molecule has 32 heavy (non-hydrogen) atoms. The van der Waals surface area contributed by atoms with Crippen LogP contribution in [-0.4, -0.2) is 22.3 Å². The summed E-state index contributed by atoms with van der Waals surface area (Å²) < 4.78 is 18.6. The number of ether oxygens (including phenoxy) is 3. The van der Waals surface area contributed by atoms with E-state index in [0.29, 0.717) is 18.1 Å². The van der Waals surface area contributed by atoms with Crippen molar-refractivity contribution < 1.29 is 19.0 Å². The highest BCUT2D eigenvalue weighted by atomic mass is 16.7.